The fourth-order valence-electron chi connectivity index (χ4n) is 3.53. The summed E-state index contributed by atoms with van der Waals surface area (Å²) in [5.74, 6) is -0.224. The van der Waals surface area contributed by atoms with E-state index in [-0.39, 0.29) is 41.5 Å². The molecule has 1 heterocycles. The number of benzene rings is 1. The highest BCUT2D eigenvalue weighted by Crippen LogP contribution is 2.42. The monoisotopic (exact) mass is 523 g/mol. The third kappa shape index (κ3) is 6.11. The van der Waals surface area contributed by atoms with Gasteiger partial charge in [0.15, 0.2) is 8.32 Å². The van der Waals surface area contributed by atoms with Crippen molar-refractivity contribution in [1.29, 1.82) is 0 Å². The molecule has 1 aromatic rings. The Balaban J connectivity index is 2.36. The number of halogens is 1. The summed E-state index contributed by atoms with van der Waals surface area (Å²) in [4.78, 5) is 26.7. The second-order valence-electron chi connectivity index (χ2n) is 10.6. The van der Waals surface area contributed by atoms with Gasteiger partial charge in [0.1, 0.15) is 6.61 Å². The molecule has 1 saturated heterocycles. The van der Waals surface area contributed by atoms with Crippen LogP contribution in [0, 0.1) is 11.8 Å². The second-order valence-corrected chi connectivity index (χ2v) is 16.3. The molecule has 1 aromatic carbocycles. The lowest BCUT2D eigenvalue weighted by Gasteiger charge is -2.41. The Bertz CT molecular complexity index is 858. The fourth-order valence-corrected chi connectivity index (χ4v) is 5.13. The first-order valence-corrected chi connectivity index (χ1v) is 15.0. The summed E-state index contributed by atoms with van der Waals surface area (Å²) in [6.07, 6.45) is 1.18. The molecule has 0 unspecified atom stereocenters. The molecule has 0 radical (unpaired) electrons. The molecule has 0 bridgehead atoms. The van der Waals surface area contributed by atoms with E-state index in [1.807, 2.05) is 32.1 Å². The third-order valence-electron chi connectivity index (χ3n) is 6.65. The molecule has 2 rings (SSSR count). The van der Waals surface area contributed by atoms with Gasteiger partial charge < -0.3 is 9.16 Å². The van der Waals surface area contributed by atoms with Crippen molar-refractivity contribution in [3.05, 3.63) is 46.0 Å². The number of hydrogen-bond donors (Lipinski definition) is 0. The maximum absolute atomic E-state index is 13.2. The highest BCUT2D eigenvalue weighted by atomic mass is 79.9. The summed E-state index contributed by atoms with van der Waals surface area (Å²) in [7, 11) is -2.08. The van der Waals surface area contributed by atoms with E-state index in [0.717, 1.165) is 10.0 Å². The van der Waals surface area contributed by atoms with Crippen LogP contribution >= 0.6 is 15.9 Å². The van der Waals surface area contributed by atoms with Crippen LogP contribution in [0.2, 0.25) is 18.1 Å². The third-order valence-corrected chi connectivity index (χ3v) is 11.6. The minimum atomic E-state index is -2.08. The van der Waals surface area contributed by atoms with Crippen molar-refractivity contribution in [3.63, 3.8) is 0 Å². The molecule has 7 heteroatoms. The molecule has 0 saturated carbocycles. The van der Waals surface area contributed by atoms with Gasteiger partial charge in [-0.05, 0) is 48.7 Å². The van der Waals surface area contributed by atoms with Crippen LogP contribution in [0.15, 0.2) is 40.4 Å². The van der Waals surface area contributed by atoms with Crippen LogP contribution in [-0.2, 0) is 14.0 Å². The SMILES string of the molecule is C/C(=C\[C@@H](C)[C@@H](O[Si](C)(C)C(C)(C)C)c1ccc(Br)cc1)C(=O)N1C(=O)OC[C@H]1C(C)C. The van der Waals surface area contributed by atoms with E-state index in [0.29, 0.717) is 5.57 Å². The van der Waals surface area contributed by atoms with Crippen LogP contribution in [0.5, 0.6) is 0 Å². The summed E-state index contributed by atoms with van der Waals surface area (Å²) >= 11 is 3.51. The van der Waals surface area contributed by atoms with Gasteiger partial charge in [-0.15, -0.1) is 0 Å². The minimum absolute atomic E-state index is 0.0543. The van der Waals surface area contributed by atoms with Gasteiger partial charge in [-0.2, -0.15) is 0 Å². The first-order valence-electron chi connectivity index (χ1n) is 11.3. The Labute approximate surface area is 202 Å². The summed E-state index contributed by atoms with van der Waals surface area (Å²) in [5.41, 5.74) is 1.60. The van der Waals surface area contributed by atoms with E-state index in [1.54, 1.807) is 6.92 Å². The highest BCUT2D eigenvalue weighted by Gasteiger charge is 2.42. The molecule has 2 amide bonds. The van der Waals surface area contributed by atoms with E-state index in [2.05, 4.69) is 68.9 Å². The molecule has 0 aromatic heterocycles. The smallest absolute Gasteiger partial charge is 0.417 e. The lowest BCUT2D eigenvalue weighted by molar-refractivity contribution is -0.125. The minimum Gasteiger partial charge on any atom is -0.447 e. The molecule has 0 N–H and O–H groups in total. The standard InChI is InChI=1S/C25H38BrNO4Si/c1-16(2)21-15-30-24(29)27(21)23(28)18(4)14-17(3)22(19-10-12-20(26)13-11-19)31-32(8,9)25(5,6)7/h10-14,16-17,21-22H,15H2,1-9H3/b18-14+/t17-,21+,22-/m1/s1. The highest BCUT2D eigenvalue weighted by molar-refractivity contribution is 9.10. The molecule has 0 aliphatic carbocycles. The van der Waals surface area contributed by atoms with E-state index >= 15 is 0 Å². The Morgan fingerprint density at radius 2 is 1.78 bits per heavy atom. The van der Waals surface area contributed by atoms with Crippen LogP contribution in [0.3, 0.4) is 0 Å². The molecule has 1 aliphatic rings. The molecule has 1 fully saturated rings. The predicted molar refractivity (Wildman–Crippen MR) is 135 cm³/mol. The number of nitrogens with zero attached hydrogens (tertiary/aromatic N) is 1. The zero-order valence-electron chi connectivity index (χ0n) is 20.9. The fraction of sp³-hybridized carbons (Fsp3) is 0.600. The molecule has 0 spiro atoms. The number of rotatable bonds is 7. The zero-order chi connectivity index (χ0) is 24.4. The van der Waals surface area contributed by atoms with E-state index in [1.165, 1.54) is 4.90 Å². The van der Waals surface area contributed by atoms with Crippen molar-refractivity contribution in [3.8, 4) is 0 Å². The average molecular weight is 525 g/mol. The molecule has 5 nitrogen and oxygen atoms in total. The summed E-state index contributed by atoms with van der Waals surface area (Å²) in [5, 5.41) is 0.0543. The Morgan fingerprint density at radius 1 is 1.22 bits per heavy atom. The summed E-state index contributed by atoms with van der Waals surface area (Å²) in [6.45, 7) is 19.2. The van der Waals surface area contributed by atoms with Crippen molar-refractivity contribution in [2.45, 2.75) is 78.7 Å². The van der Waals surface area contributed by atoms with E-state index < -0.39 is 14.4 Å². The number of amides is 2. The van der Waals surface area contributed by atoms with E-state index in [9.17, 15) is 9.59 Å². The van der Waals surface area contributed by atoms with Gasteiger partial charge >= 0.3 is 6.09 Å². The van der Waals surface area contributed by atoms with Gasteiger partial charge in [0.05, 0.1) is 12.1 Å². The van der Waals surface area contributed by atoms with Crippen molar-refractivity contribution >= 4 is 36.2 Å². The van der Waals surface area contributed by atoms with Gasteiger partial charge in [-0.25, -0.2) is 9.69 Å². The van der Waals surface area contributed by atoms with Crippen molar-refractivity contribution < 1.29 is 18.8 Å². The van der Waals surface area contributed by atoms with Crippen molar-refractivity contribution in [2.24, 2.45) is 11.8 Å². The number of ether oxygens (including phenoxy) is 1. The number of cyclic esters (lactones) is 1. The summed E-state index contributed by atoms with van der Waals surface area (Å²) in [6, 6.07) is 7.92. The van der Waals surface area contributed by atoms with Gasteiger partial charge in [-0.1, -0.05) is 75.7 Å². The maximum atomic E-state index is 13.2. The predicted octanol–water partition coefficient (Wildman–Crippen LogP) is 7.10. The first kappa shape index (κ1) is 26.8. The lowest BCUT2D eigenvalue weighted by atomic mass is 9.95. The van der Waals surface area contributed by atoms with E-state index in [4.69, 9.17) is 9.16 Å². The maximum Gasteiger partial charge on any atom is 0.417 e. The topological polar surface area (TPSA) is 55.8 Å². The zero-order valence-corrected chi connectivity index (χ0v) is 23.4. The van der Waals surface area contributed by atoms with Gasteiger partial charge in [0.25, 0.3) is 5.91 Å². The number of hydrogen-bond acceptors (Lipinski definition) is 4. The molecule has 32 heavy (non-hydrogen) atoms. The number of carbonyl (C=O) groups excluding carboxylic acids is 2. The Kier molecular flexibility index (Phi) is 8.56. The van der Waals surface area contributed by atoms with Gasteiger partial charge in [0.2, 0.25) is 0 Å². The van der Waals surface area contributed by atoms with Crippen LogP contribution in [0.4, 0.5) is 4.79 Å². The Hall–Kier alpha value is -1.44. The molecule has 1 aliphatic heterocycles. The quantitative estimate of drug-likeness (QED) is 0.282. The number of imide groups is 1. The normalized spacial score (nSPS) is 19.8. The van der Waals surface area contributed by atoms with Gasteiger partial charge in [-0.3, -0.25) is 4.79 Å². The van der Waals surface area contributed by atoms with Crippen LogP contribution in [0.25, 0.3) is 0 Å². The molecular weight excluding hydrogens is 486 g/mol. The number of carbonyl (C=O) groups is 2. The van der Waals surface area contributed by atoms with Crippen LogP contribution < -0.4 is 0 Å². The Morgan fingerprint density at radius 3 is 2.28 bits per heavy atom. The largest absolute Gasteiger partial charge is 0.447 e. The van der Waals surface area contributed by atoms with Crippen molar-refractivity contribution in [2.75, 3.05) is 6.61 Å². The lowest BCUT2D eigenvalue weighted by Crippen LogP contribution is -2.43. The van der Waals surface area contributed by atoms with Crippen molar-refractivity contribution in [1.82, 2.24) is 4.90 Å². The summed E-state index contributed by atoms with van der Waals surface area (Å²) < 4.78 is 13.0. The molecular formula is C25H38BrNO4Si. The van der Waals surface area contributed by atoms with Gasteiger partial charge in [0, 0.05) is 16.0 Å². The average Bonchev–Trinajstić information content (AvgIpc) is 3.07. The molecule has 3 atom stereocenters. The van der Waals surface area contributed by atoms with Crippen LogP contribution in [-0.4, -0.2) is 37.9 Å². The van der Waals surface area contributed by atoms with Crippen LogP contribution in [0.1, 0.15) is 60.1 Å². The molecule has 178 valence electrons. The second kappa shape index (κ2) is 10.2. The first-order chi connectivity index (χ1) is 14.7.